The zero-order chi connectivity index (χ0) is 12.4. The number of hydrogen-bond acceptors (Lipinski definition) is 1. The number of rotatable bonds is 9. The summed E-state index contributed by atoms with van der Waals surface area (Å²) in [6.07, 6.45) is 9.92. The Morgan fingerprint density at radius 3 is 1.75 bits per heavy atom. The standard InChI is InChI=1S/C12H21Cl3O/c1-2-3-4-5-6-7-8-9-10-11(16)12(13,14)15/h2-10H2,1H3. The molecule has 0 fully saturated rings. The highest BCUT2D eigenvalue weighted by atomic mass is 35.6. The van der Waals surface area contributed by atoms with Crippen molar-refractivity contribution in [3.8, 4) is 0 Å². The Hall–Kier alpha value is 0.540. The van der Waals surface area contributed by atoms with Crippen LogP contribution in [-0.2, 0) is 4.79 Å². The molecule has 0 N–H and O–H groups in total. The molecular weight excluding hydrogens is 266 g/mol. The first-order valence-corrected chi connectivity index (χ1v) is 7.22. The second-order valence-electron chi connectivity index (χ2n) is 4.15. The number of hydrogen-bond donors (Lipinski definition) is 0. The Balaban J connectivity index is 3.25. The van der Waals surface area contributed by atoms with Crippen molar-refractivity contribution in [2.45, 2.75) is 68.5 Å². The molecule has 0 saturated carbocycles. The minimum absolute atomic E-state index is 0.288. The average molecular weight is 288 g/mol. The zero-order valence-corrected chi connectivity index (χ0v) is 12.2. The first-order valence-electron chi connectivity index (χ1n) is 6.08. The van der Waals surface area contributed by atoms with Crippen molar-refractivity contribution >= 4 is 40.6 Å². The molecule has 0 heterocycles. The smallest absolute Gasteiger partial charge is 0.248 e. The molecule has 0 aliphatic heterocycles. The van der Waals surface area contributed by atoms with E-state index >= 15 is 0 Å². The lowest BCUT2D eigenvalue weighted by Gasteiger charge is -2.08. The molecule has 0 radical (unpaired) electrons. The van der Waals surface area contributed by atoms with Gasteiger partial charge in [0.05, 0.1) is 0 Å². The fourth-order valence-electron chi connectivity index (χ4n) is 1.56. The van der Waals surface area contributed by atoms with Crippen LogP contribution in [0.3, 0.4) is 0 Å². The van der Waals surface area contributed by atoms with Crippen LogP contribution in [0.1, 0.15) is 64.7 Å². The van der Waals surface area contributed by atoms with Gasteiger partial charge < -0.3 is 0 Å². The van der Waals surface area contributed by atoms with Crippen molar-refractivity contribution in [1.29, 1.82) is 0 Å². The second kappa shape index (κ2) is 9.56. The molecule has 0 aromatic heterocycles. The minimum Gasteiger partial charge on any atom is -0.295 e. The summed E-state index contributed by atoms with van der Waals surface area (Å²) in [5.41, 5.74) is 0. The molecule has 0 bridgehead atoms. The normalized spacial score (nSPS) is 11.8. The van der Waals surface area contributed by atoms with Gasteiger partial charge in [-0.05, 0) is 6.42 Å². The van der Waals surface area contributed by atoms with E-state index in [1.165, 1.54) is 38.5 Å². The first-order chi connectivity index (χ1) is 7.48. The quantitative estimate of drug-likeness (QED) is 0.407. The van der Waals surface area contributed by atoms with Crippen LogP contribution in [-0.4, -0.2) is 9.58 Å². The maximum atomic E-state index is 11.2. The van der Waals surface area contributed by atoms with Gasteiger partial charge in [0, 0.05) is 6.42 Å². The lowest BCUT2D eigenvalue weighted by atomic mass is 10.1. The number of carbonyl (C=O) groups is 1. The molecular formula is C12H21Cl3O. The van der Waals surface area contributed by atoms with E-state index in [-0.39, 0.29) is 5.78 Å². The fourth-order valence-corrected chi connectivity index (χ4v) is 1.84. The predicted molar refractivity (Wildman–Crippen MR) is 72.5 cm³/mol. The molecule has 16 heavy (non-hydrogen) atoms. The van der Waals surface area contributed by atoms with Crippen molar-refractivity contribution in [3.63, 3.8) is 0 Å². The van der Waals surface area contributed by atoms with Crippen LogP contribution >= 0.6 is 34.8 Å². The largest absolute Gasteiger partial charge is 0.295 e. The van der Waals surface area contributed by atoms with E-state index in [1.54, 1.807) is 0 Å². The third kappa shape index (κ3) is 9.74. The van der Waals surface area contributed by atoms with Crippen LogP contribution in [0, 0.1) is 0 Å². The molecule has 0 aliphatic carbocycles. The summed E-state index contributed by atoms with van der Waals surface area (Å²) in [7, 11) is 0. The predicted octanol–water partition coefficient (Wildman–Crippen LogP) is 5.46. The molecule has 0 aromatic rings. The highest BCUT2D eigenvalue weighted by Crippen LogP contribution is 2.29. The minimum atomic E-state index is -1.72. The number of unbranched alkanes of at least 4 members (excludes halogenated alkanes) is 7. The molecule has 0 rings (SSSR count). The number of halogens is 3. The molecule has 0 atom stereocenters. The van der Waals surface area contributed by atoms with Gasteiger partial charge in [0.15, 0.2) is 5.78 Å². The molecule has 0 unspecified atom stereocenters. The Bertz CT molecular complexity index is 187. The Labute approximate surface area is 114 Å². The molecule has 0 saturated heterocycles. The van der Waals surface area contributed by atoms with Crippen LogP contribution in [0.2, 0.25) is 0 Å². The summed E-state index contributed by atoms with van der Waals surface area (Å²) in [5, 5.41) is 0. The van der Waals surface area contributed by atoms with Gasteiger partial charge in [-0.3, -0.25) is 4.79 Å². The van der Waals surface area contributed by atoms with E-state index in [0.29, 0.717) is 6.42 Å². The highest BCUT2D eigenvalue weighted by molar-refractivity contribution is 6.76. The molecule has 0 aliphatic rings. The van der Waals surface area contributed by atoms with Gasteiger partial charge in [-0.2, -0.15) is 0 Å². The average Bonchev–Trinajstić information content (AvgIpc) is 2.20. The maximum Gasteiger partial charge on any atom is 0.248 e. The van der Waals surface area contributed by atoms with E-state index < -0.39 is 3.79 Å². The van der Waals surface area contributed by atoms with E-state index in [1.807, 2.05) is 0 Å². The van der Waals surface area contributed by atoms with Crippen LogP contribution in [0.15, 0.2) is 0 Å². The second-order valence-corrected chi connectivity index (χ2v) is 6.43. The van der Waals surface area contributed by atoms with Crippen LogP contribution < -0.4 is 0 Å². The van der Waals surface area contributed by atoms with E-state index in [0.717, 1.165) is 12.8 Å². The molecule has 0 spiro atoms. The Morgan fingerprint density at radius 2 is 1.31 bits per heavy atom. The van der Waals surface area contributed by atoms with Gasteiger partial charge in [0.1, 0.15) is 0 Å². The van der Waals surface area contributed by atoms with E-state index in [4.69, 9.17) is 34.8 Å². The number of alkyl halides is 3. The lowest BCUT2D eigenvalue weighted by Crippen LogP contribution is -2.18. The van der Waals surface area contributed by atoms with Gasteiger partial charge in [0.25, 0.3) is 0 Å². The molecule has 0 amide bonds. The highest BCUT2D eigenvalue weighted by Gasteiger charge is 2.29. The lowest BCUT2D eigenvalue weighted by molar-refractivity contribution is -0.118. The third-order valence-corrected chi connectivity index (χ3v) is 3.21. The summed E-state index contributed by atoms with van der Waals surface area (Å²) in [6, 6.07) is 0. The Kier molecular flexibility index (Phi) is 9.88. The molecule has 1 nitrogen and oxygen atoms in total. The van der Waals surface area contributed by atoms with Crippen molar-refractivity contribution < 1.29 is 4.79 Å². The van der Waals surface area contributed by atoms with Crippen molar-refractivity contribution in [2.24, 2.45) is 0 Å². The first kappa shape index (κ1) is 16.5. The Morgan fingerprint density at radius 1 is 0.875 bits per heavy atom. The number of ketones is 1. The summed E-state index contributed by atoms with van der Waals surface area (Å²) >= 11 is 16.4. The molecule has 96 valence electrons. The molecule has 0 aromatic carbocycles. The van der Waals surface area contributed by atoms with Crippen LogP contribution in [0.4, 0.5) is 0 Å². The van der Waals surface area contributed by atoms with Gasteiger partial charge in [-0.15, -0.1) is 0 Å². The fraction of sp³-hybridized carbons (Fsp3) is 0.917. The summed E-state index contributed by atoms with van der Waals surface area (Å²) in [6.45, 7) is 2.21. The van der Waals surface area contributed by atoms with Crippen molar-refractivity contribution in [3.05, 3.63) is 0 Å². The van der Waals surface area contributed by atoms with E-state index in [9.17, 15) is 4.79 Å². The number of Topliss-reactive ketones (excluding diaryl/α,β-unsaturated/α-hetero) is 1. The maximum absolute atomic E-state index is 11.2. The van der Waals surface area contributed by atoms with Gasteiger partial charge in [0.2, 0.25) is 3.79 Å². The summed E-state index contributed by atoms with van der Waals surface area (Å²) in [4.78, 5) is 11.2. The summed E-state index contributed by atoms with van der Waals surface area (Å²) < 4.78 is -1.72. The van der Waals surface area contributed by atoms with Crippen molar-refractivity contribution in [1.82, 2.24) is 0 Å². The van der Waals surface area contributed by atoms with Gasteiger partial charge in [-0.1, -0.05) is 86.7 Å². The zero-order valence-electron chi connectivity index (χ0n) is 9.91. The van der Waals surface area contributed by atoms with Crippen molar-refractivity contribution in [2.75, 3.05) is 0 Å². The topological polar surface area (TPSA) is 17.1 Å². The number of carbonyl (C=O) groups excluding carboxylic acids is 1. The summed E-state index contributed by atoms with van der Waals surface area (Å²) in [5.74, 6) is -0.288. The van der Waals surface area contributed by atoms with Gasteiger partial charge in [-0.25, -0.2) is 0 Å². The SMILES string of the molecule is CCCCCCCCCCC(=O)C(Cl)(Cl)Cl. The van der Waals surface area contributed by atoms with Crippen LogP contribution in [0.5, 0.6) is 0 Å². The van der Waals surface area contributed by atoms with Crippen LogP contribution in [0.25, 0.3) is 0 Å². The molecule has 4 heteroatoms. The van der Waals surface area contributed by atoms with Gasteiger partial charge >= 0.3 is 0 Å². The van der Waals surface area contributed by atoms with E-state index in [2.05, 4.69) is 6.92 Å². The monoisotopic (exact) mass is 286 g/mol. The third-order valence-electron chi connectivity index (χ3n) is 2.57.